The van der Waals surface area contributed by atoms with Crippen LogP contribution in [-0.4, -0.2) is 24.7 Å². The van der Waals surface area contributed by atoms with Crippen LogP contribution in [0.4, 0.5) is 5.69 Å². The second kappa shape index (κ2) is 6.59. The Morgan fingerprint density at radius 3 is 2.72 bits per heavy atom. The van der Waals surface area contributed by atoms with Gasteiger partial charge in [-0.05, 0) is 35.8 Å². The Morgan fingerprint density at radius 2 is 2.17 bits per heavy atom. The van der Waals surface area contributed by atoms with Crippen LogP contribution in [0.3, 0.4) is 0 Å². The molecule has 0 aliphatic rings. The zero-order valence-electron chi connectivity index (χ0n) is 10.9. The van der Waals surface area contributed by atoms with Gasteiger partial charge in [0, 0.05) is 29.8 Å². The number of hydrogen-bond donors (Lipinski definition) is 1. The highest BCUT2D eigenvalue weighted by molar-refractivity contribution is 9.10. The number of carbonyl (C=O) groups is 1. The van der Waals surface area contributed by atoms with Crippen LogP contribution in [0.1, 0.15) is 19.4 Å². The van der Waals surface area contributed by atoms with E-state index in [0.717, 1.165) is 28.3 Å². The van der Waals surface area contributed by atoms with Gasteiger partial charge in [0.1, 0.15) is 0 Å². The van der Waals surface area contributed by atoms with E-state index in [2.05, 4.69) is 34.7 Å². The average Bonchev–Trinajstić information content (AvgIpc) is 2.25. The second-order valence-electron chi connectivity index (χ2n) is 4.65. The largest absolute Gasteiger partial charge is 0.478 e. The molecule has 1 aromatic carbocycles. The summed E-state index contributed by atoms with van der Waals surface area (Å²) in [7, 11) is 2.02. The molecule has 0 saturated heterocycles. The van der Waals surface area contributed by atoms with Crippen molar-refractivity contribution in [1.82, 2.24) is 0 Å². The standard InChI is InChI=1S/C14H18BrNO2/c1-10(2)9-16(3)13-6-5-12(15)8-11(13)4-7-14(17)18/h4-8,10H,9H2,1-3H3,(H,17,18)/b7-4+. The van der Waals surface area contributed by atoms with E-state index < -0.39 is 5.97 Å². The number of rotatable bonds is 5. The van der Waals surface area contributed by atoms with E-state index in [1.54, 1.807) is 6.08 Å². The minimum atomic E-state index is -0.938. The lowest BCUT2D eigenvalue weighted by molar-refractivity contribution is -0.131. The number of anilines is 1. The molecule has 0 radical (unpaired) electrons. The highest BCUT2D eigenvalue weighted by Gasteiger charge is 2.08. The van der Waals surface area contributed by atoms with E-state index >= 15 is 0 Å². The fraction of sp³-hybridized carbons (Fsp3) is 0.357. The van der Waals surface area contributed by atoms with Crippen molar-refractivity contribution in [2.75, 3.05) is 18.5 Å². The average molecular weight is 312 g/mol. The maximum atomic E-state index is 10.6. The second-order valence-corrected chi connectivity index (χ2v) is 5.56. The number of carboxylic acids is 1. The number of aliphatic carboxylic acids is 1. The predicted octanol–water partition coefficient (Wildman–Crippen LogP) is 3.64. The fourth-order valence-corrected chi connectivity index (χ4v) is 2.19. The van der Waals surface area contributed by atoms with Crippen molar-refractivity contribution in [3.05, 3.63) is 34.3 Å². The molecule has 0 atom stereocenters. The van der Waals surface area contributed by atoms with E-state index in [1.165, 1.54) is 0 Å². The number of halogens is 1. The van der Waals surface area contributed by atoms with Gasteiger partial charge in [-0.15, -0.1) is 0 Å². The first-order valence-electron chi connectivity index (χ1n) is 5.82. The molecule has 0 bridgehead atoms. The van der Waals surface area contributed by atoms with Gasteiger partial charge in [-0.1, -0.05) is 29.8 Å². The Kier molecular flexibility index (Phi) is 5.41. The summed E-state index contributed by atoms with van der Waals surface area (Å²) in [4.78, 5) is 12.7. The molecular weight excluding hydrogens is 294 g/mol. The van der Waals surface area contributed by atoms with Crippen molar-refractivity contribution in [2.45, 2.75) is 13.8 Å². The number of carboxylic acid groups (broad SMARTS) is 1. The summed E-state index contributed by atoms with van der Waals surface area (Å²) < 4.78 is 0.939. The molecule has 0 aromatic heterocycles. The van der Waals surface area contributed by atoms with Crippen LogP contribution in [0, 0.1) is 5.92 Å². The maximum Gasteiger partial charge on any atom is 0.328 e. The van der Waals surface area contributed by atoms with Gasteiger partial charge in [0.15, 0.2) is 0 Å². The first-order chi connectivity index (χ1) is 8.40. The zero-order valence-corrected chi connectivity index (χ0v) is 12.4. The highest BCUT2D eigenvalue weighted by Crippen LogP contribution is 2.25. The summed E-state index contributed by atoms with van der Waals surface area (Å²) >= 11 is 3.40. The molecular formula is C14H18BrNO2. The van der Waals surface area contributed by atoms with Crippen LogP contribution in [0.15, 0.2) is 28.7 Å². The molecule has 0 amide bonds. The predicted molar refractivity (Wildman–Crippen MR) is 78.9 cm³/mol. The Morgan fingerprint density at radius 1 is 1.50 bits per heavy atom. The van der Waals surface area contributed by atoms with Crippen LogP contribution in [0.5, 0.6) is 0 Å². The van der Waals surface area contributed by atoms with Gasteiger partial charge in [0.05, 0.1) is 0 Å². The number of hydrogen-bond acceptors (Lipinski definition) is 2. The van der Waals surface area contributed by atoms with Crippen LogP contribution < -0.4 is 4.90 Å². The Balaban J connectivity index is 3.06. The van der Waals surface area contributed by atoms with Gasteiger partial charge >= 0.3 is 5.97 Å². The monoisotopic (exact) mass is 311 g/mol. The summed E-state index contributed by atoms with van der Waals surface area (Å²) in [5, 5.41) is 8.71. The molecule has 0 unspecified atom stereocenters. The molecule has 3 nitrogen and oxygen atoms in total. The zero-order chi connectivity index (χ0) is 13.7. The SMILES string of the molecule is CC(C)CN(C)c1ccc(Br)cc1/C=C/C(=O)O. The molecule has 0 fully saturated rings. The molecule has 0 heterocycles. The van der Waals surface area contributed by atoms with Crippen LogP contribution in [0.2, 0.25) is 0 Å². The van der Waals surface area contributed by atoms with Crippen LogP contribution in [-0.2, 0) is 4.79 Å². The van der Waals surface area contributed by atoms with Crippen molar-refractivity contribution in [2.24, 2.45) is 5.92 Å². The maximum absolute atomic E-state index is 10.6. The Bertz CT molecular complexity index is 455. The van der Waals surface area contributed by atoms with Crippen molar-refractivity contribution in [3.8, 4) is 0 Å². The van der Waals surface area contributed by atoms with Gasteiger partial charge in [0.25, 0.3) is 0 Å². The number of nitrogens with zero attached hydrogens (tertiary/aromatic N) is 1. The molecule has 0 aliphatic heterocycles. The molecule has 1 rings (SSSR count). The minimum Gasteiger partial charge on any atom is -0.478 e. The van der Waals surface area contributed by atoms with Gasteiger partial charge in [-0.25, -0.2) is 4.79 Å². The smallest absolute Gasteiger partial charge is 0.328 e. The van der Waals surface area contributed by atoms with Crippen molar-refractivity contribution in [3.63, 3.8) is 0 Å². The molecule has 98 valence electrons. The van der Waals surface area contributed by atoms with Gasteiger partial charge in [-0.3, -0.25) is 0 Å². The summed E-state index contributed by atoms with van der Waals surface area (Å²) in [5.74, 6) is -0.387. The van der Waals surface area contributed by atoms with E-state index in [1.807, 2.05) is 25.2 Å². The Labute approximate surface area is 116 Å². The van der Waals surface area contributed by atoms with Crippen LogP contribution >= 0.6 is 15.9 Å². The third kappa shape index (κ3) is 4.53. The number of benzene rings is 1. The van der Waals surface area contributed by atoms with Gasteiger partial charge in [-0.2, -0.15) is 0 Å². The van der Waals surface area contributed by atoms with Crippen molar-refractivity contribution >= 4 is 33.7 Å². The molecule has 18 heavy (non-hydrogen) atoms. The molecule has 0 saturated carbocycles. The molecule has 1 N–H and O–H groups in total. The highest BCUT2D eigenvalue weighted by atomic mass is 79.9. The third-order valence-electron chi connectivity index (χ3n) is 2.45. The fourth-order valence-electron chi connectivity index (χ4n) is 1.81. The summed E-state index contributed by atoms with van der Waals surface area (Å²) in [6, 6.07) is 5.88. The normalized spacial score (nSPS) is 11.2. The molecule has 1 aromatic rings. The quantitative estimate of drug-likeness (QED) is 0.844. The van der Waals surface area contributed by atoms with E-state index in [9.17, 15) is 4.79 Å². The first-order valence-corrected chi connectivity index (χ1v) is 6.61. The Hall–Kier alpha value is -1.29. The molecule has 0 aliphatic carbocycles. The van der Waals surface area contributed by atoms with E-state index in [-0.39, 0.29) is 0 Å². The van der Waals surface area contributed by atoms with E-state index in [0.29, 0.717) is 5.92 Å². The van der Waals surface area contributed by atoms with Crippen LogP contribution in [0.25, 0.3) is 6.08 Å². The lowest BCUT2D eigenvalue weighted by Crippen LogP contribution is -2.23. The molecule has 4 heteroatoms. The lowest BCUT2D eigenvalue weighted by Gasteiger charge is -2.23. The lowest BCUT2D eigenvalue weighted by atomic mass is 10.1. The summed E-state index contributed by atoms with van der Waals surface area (Å²) in [6.07, 6.45) is 2.79. The minimum absolute atomic E-state index is 0.551. The van der Waals surface area contributed by atoms with Gasteiger partial charge < -0.3 is 10.0 Å². The first kappa shape index (κ1) is 14.8. The topological polar surface area (TPSA) is 40.5 Å². The van der Waals surface area contributed by atoms with E-state index in [4.69, 9.17) is 5.11 Å². The van der Waals surface area contributed by atoms with Gasteiger partial charge in [0.2, 0.25) is 0 Å². The molecule has 0 spiro atoms. The summed E-state index contributed by atoms with van der Waals surface area (Å²) in [6.45, 7) is 5.24. The third-order valence-corrected chi connectivity index (χ3v) is 2.94. The summed E-state index contributed by atoms with van der Waals surface area (Å²) in [5.41, 5.74) is 1.93. The van der Waals surface area contributed by atoms with Crippen molar-refractivity contribution in [1.29, 1.82) is 0 Å². The van der Waals surface area contributed by atoms with Crippen molar-refractivity contribution < 1.29 is 9.90 Å².